The van der Waals surface area contributed by atoms with Gasteiger partial charge in [0, 0.05) is 17.0 Å². The van der Waals surface area contributed by atoms with Crippen LogP contribution in [0.3, 0.4) is 0 Å². The molecular weight excluding hydrogens is 218 g/mol. The SMILES string of the molecule is Cc1ccc2cc(CCC(=O)[O-])c(=O)[nH]c2c1. The average Bonchev–Trinajstić information content (AvgIpc) is 2.26. The predicted octanol–water partition coefficient (Wildman–Crippen LogP) is 0.519. The topological polar surface area (TPSA) is 73.0 Å². The molecule has 1 heterocycles. The van der Waals surface area contributed by atoms with Crippen LogP contribution in [-0.4, -0.2) is 11.0 Å². The summed E-state index contributed by atoms with van der Waals surface area (Å²) in [5.74, 6) is -1.14. The molecule has 1 aromatic heterocycles. The lowest BCUT2D eigenvalue weighted by Gasteiger charge is -2.04. The molecule has 88 valence electrons. The van der Waals surface area contributed by atoms with Crippen LogP contribution in [0.2, 0.25) is 0 Å². The molecule has 2 rings (SSSR count). The highest BCUT2D eigenvalue weighted by Crippen LogP contribution is 2.13. The molecule has 0 fully saturated rings. The van der Waals surface area contributed by atoms with Crippen molar-refractivity contribution in [2.24, 2.45) is 0 Å². The van der Waals surface area contributed by atoms with Crippen LogP contribution in [0.4, 0.5) is 0 Å². The molecule has 0 aliphatic rings. The number of rotatable bonds is 3. The second kappa shape index (κ2) is 4.41. The van der Waals surface area contributed by atoms with Gasteiger partial charge < -0.3 is 14.9 Å². The third kappa shape index (κ3) is 2.53. The third-order valence-corrected chi connectivity index (χ3v) is 2.68. The maximum absolute atomic E-state index is 11.7. The number of aromatic nitrogens is 1. The van der Waals surface area contributed by atoms with E-state index in [9.17, 15) is 14.7 Å². The largest absolute Gasteiger partial charge is 0.550 e. The fourth-order valence-electron chi connectivity index (χ4n) is 1.78. The summed E-state index contributed by atoms with van der Waals surface area (Å²) in [5.41, 5.74) is 2.08. The monoisotopic (exact) mass is 230 g/mol. The lowest BCUT2D eigenvalue weighted by molar-refractivity contribution is -0.305. The quantitative estimate of drug-likeness (QED) is 0.835. The van der Waals surface area contributed by atoms with Crippen LogP contribution in [0.1, 0.15) is 17.5 Å². The molecule has 0 unspecified atom stereocenters. The summed E-state index contributed by atoms with van der Waals surface area (Å²) in [6, 6.07) is 7.47. The number of pyridine rings is 1. The van der Waals surface area contributed by atoms with Crippen molar-refractivity contribution < 1.29 is 9.90 Å². The number of nitrogens with one attached hydrogen (secondary N) is 1. The molecule has 0 saturated heterocycles. The molecule has 0 saturated carbocycles. The minimum absolute atomic E-state index is 0.138. The van der Waals surface area contributed by atoms with Crippen LogP contribution in [0.25, 0.3) is 10.9 Å². The van der Waals surface area contributed by atoms with Gasteiger partial charge in [0.2, 0.25) is 0 Å². The van der Waals surface area contributed by atoms with Crippen molar-refractivity contribution in [1.29, 1.82) is 0 Å². The number of fused-ring (bicyclic) bond motifs is 1. The van der Waals surface area contributed by atoms with Crippen LogP contribution in [-0.2, 0) is 11.2 Å². The minimum atomic E-state index is -1.14. The normalized spacial score (nSPS) is 10.6. The van der Waals surface area contributed by atoms with Crippen LogP contribution < -0.4 is 10.7 Å². The summed E-state index contributed by atoms with van der Waals surface area (Å²) in [4.78, 5) is 24.8. The number of aromatic amines is 1. The van der Waals surface area contributed by atoms with Gasteiger partial charge in [-0.05, 0) is 42.8 Å². The van der Waals surface area contributed by atoms with Crippen LogP contribution in [0, 0.1) is 6.92 Å². The van der Waals surface area contributed by atoms with Crippen LogP contribution >= 0.6 is 0 Å². The third-order valence-electron chi connectivity index (χ3n) is 2.68. The molecule has 17 heavy (non-hydrogen) atoms. The summed E-state index contributed by atoms with van der Waals surface area (Å²) < 4.78 is 0. The minimum Gasteiger partial charge on any atom is -0.550 e. The summed E-state index contributed by atoms with van der Waals surface area (Å²) in [6.07, 6.45) is 0.0575. The predicted molar refractivity (Wildman–Crippen MR) is 62.6 cm³/mol. The van der Waals surface area contributed by atoms with E-state index >= 15 is 0 Å². The number of H-pyrrole nitrogens is 1. The van der Waals surface area contributed by atoms with Gasteiger partial charge in [-0.3, -0.25) is 4.79 Å². The Kier molecular flexibility index (Phi) is 2.95. The van der Waals surface area contributed by atoms with Crippen molar-refractivity contribution in [2.75, 3.05) is 0 Å². The van der Waals surface area contributed by atoms with Gasteiger partial charge in [0.25, 0.3) is 5.56 Å². The Bertz CT molecular complexity index is 628. The zero-order chi connectivity index (χ0) is 12.4. The first kappa shape index (κ1) is 11.4. The fourth-order valence-corrected chi connectivity index (χ4v) is 1.78. The highest BCUT2D eigenvalue weighted by atomic mass is 16.4. The van der Waals surface area contributed by atoms with Crippen molar-refractivity contribution in [3.05, 3.63) is 45.7 Å². The van der Waals surface area contributed by atoms with Crippen LogP contribution in [0.15, 0.2) is 29.1 Å². The van der Waals surface area contributed by atoms with E-state index in [2.05, 4.69) is 4.98 Å². The number of hydrogen-bond acceptors (Lipinski definition) is 3. The van der Waals surface area contributed by atoms with E-state index in [0.717, 1.165) is 16.5 Å². The average molecular weight is 230 g/mol. The van der Waals surface area contributed by atoms with Gasteiger partial charge in [-0.25, -0.2) is 0 Å². The maximum Gasteiger partial charge on any atom is 0.251 e. The van der Waals surface area contributed by atoms with Gasteiger partial charge in [-0.15, -0.1) is 0 Å². The number of aliphatic carboxylic acids is 1. The van der Waals surface area contributed by atoms with Crippen molar-refractivity contribution in [2.45, 2.75) is 19.8 Å². The number of carbonyl (C=O) groups excluding carboxylic acids is 1. The number of carbonyl (C=O) groups is 1. The lowest BCUT2D eigenvalue weighted by atomic mass is 10.1. The fraction of sp³-hybridized carbons (Fsp3) is 0.231. The highest BCUT2D eigenvalue weighted by Gasteiger charge is 2.03. The van der Waals surface area contributed by atoms with Gasteiger partial charge in [0.1, 0.15) is 0 Å². The van der Waals surface area contributed by atoms with E-state index in [1.54, 1.807) is 6.07 Å². The molecule has 0 bridgehead atoms. The number of aryl methyl sites for hydroxylation is 2. The summed E-state index contributed by atoms with van der Waals surface area (Å²) in [5, 5.41) is 11.3. The molecule has 0 amide bonds. The van der Waals surface area contributed by atoms with E-state index in [4.69, 9.17) is 0 Å². The molecule has 1 aromatic carbocycles. The molecule has 0 radical (unpaired) electrons. The first-order valence-corrected chi connectivity index (χ1v) is 5.38. The standard InChI is InChI=1S/C13H13NO3/c1-8-2-3-9-7-10(4-5-12(15)16)13(17)14-11(9)6-8/h2-3,6-7H,4-5H2,1H3,(H,14,17)(H,15,16)/p-1. The molecule has 0 spiro atoms. The maximum atomic E-state index is 11.7. The van der Waals surface area contributed by atoms with E-state index < -0.39 is 5.97 Å². The van der Waals surface area contributed by atoms with Gasteiger partial charge in [-0.2, -0.15) is 0 Å². The second-order valence-electron chi connectivity index (χ2n) is 4.09. The zero-order valence-electron chi connectivity index (χ0n) is 9.45. The van der Waals surface area contributed by atoms with Gasteiger partial charge in [0.15, 0.2) is 0 Å². The summed E-state index contributed by atoms with van der Waals surface area (Å²) in [6.45, 7) is 1.95. The number of benzene rings is 1. The molecule has 4 heteroatoms. The van der Waals surface area contributed by atoms with Crippen molar-refractivity contribution in [1.82, 2.24) is 4.98 Å². The molecule has 0 aliphatic heterocycles. The van der Waals surface area contributed by atoms with Gasteiger partial charge >= 0.3 is 0 Å². The second-order valence-corrected chi connectivity index (χ2v) is 4.09. The van der Waals surface area contributed by atoms with E-state index in [1.807, 2.05) is 25.1 Å². The molecule has 4 nitrogen and oxygen atoms in total. The number of hydrogen-bond donors (Lipinski definition) is 1. The first-order chi connectivity index (χ1) is 8.06. The Balaban J connectivity index is 2.45. The van der Waals surface area contributed by atoms with Crippen molar-refractivity contribution in [3.8, 4) is 0 Å². The van der Waals surface area contributed by atoms with Crippen molar-refractivity contribution >= 4 is 16.9 Å². The Labute approximate surface area is 97.9 Å². The Morgan fingerprint density at radius 3 is 2.82 bits per heavy atom. The van der Waals surface area contributed by atoms with Gasteiger partial charge in [-0.1, -0.05) is 12.1 Å². The Hall–Kier alpha value is -2.10. The zero-order valence-corrected chi connectivity index (χ0v) is 9.45. The van der Waals surface area contributed by atoms with Crippen LogP contribution in [0.5, 0.6) is 0 Å². The Morgan fingerprint density at radius 1 is 1.35 bits per heavy atom. The van der Waals surface area contributed by atoms with Crippen molar-refractivity contribution in [3.63, 3.8) is 0 Å². The Morgan fingerprint density at radius 2 is 2.12 bits per heavy atom. The van der Waals surface area contributed by atoms with E-state index in [0.29, 0.717) is 5.56 Å². The summed E-state index contributed by atoms with van der Waals surface area (Å²) in [7, 11) is 0. The lowest BCUT2D eigenvalue weighted by Crippen LogP contribution is -2.24. The first-order valence-electron chi connectivity index (χ1n) is 5.38. The summed E-state index contributed by atoms with van der Waals surface area (Å²) >= 11 is 0. The number of carboxylic acids is 1. The molecule has 2 aromatic rings. The molecule has 0 atom stereocenters. The number of carboxylic acid groups (broad SMARTS) is 1. The van der Waals surface area contributed by atoms with E-state index in [-0.39, 0.29) is 18.4 Å². The molecular formula is C13H12NO3-. The molecule has 0 aliphatic carbocycles. The van der Waals surface area contributed by atoms with Gasteiger partial charge in [0.05, 0.1) is 0 Å². The smallest absolute Gasteiger partial charge is 0.251 e. The highest BCUT2D eigenvalue weighted by molar-refractivity contribution is 5.79. The molecule has 1 N–H and O–H groups in total. The van der Waals surface area contributed by atoms with E-state index in [1.165, 1.54) is 0 Å².